The van der Waals surface area contributed by atoms with Gasteiger partial charge in [0.2, 0.25) is 0 Å². The van der Waals surface area contributed by atoms with E-state index in [1.807, 2.05) is 0 Å². The summed E-state index contributed by atoms with van der Waals surface area (Å²) in [5.74, 6) is -2.63. The number of carbonyl (C=O) groups is 4. The number of carboxylic acids is 1. The molecule has 1 N–H and O–H groups in total. The van der Waals surface area contributed by atoms with Crippen LogP contribution in [0, 0.1) is 0 Å². The molecular weight excluding hydrogens is 316 g/mol. The molecule has 7 nitrogen and oxygen atoms in total. The Morgan fingerprint density at radius 1 is 0.917 bits per heavy atom. The van der Waals surface area contributed by atoms with Crippen LogP contribution in [-0.4, -0.2) is 28.8 Å². The van der Waals surface area contributed by atoms with Gasteiger partial charge in [0.15, 0.2) is 5.78 Å². The minimum Gasteiger partial charge on any atom is -0.478 e. The lowest BCUT2D eigenvalue weighted by Gasteiger charge is -2.09. The van der Waals surface area contributed by atoms with Crippen molar-refractivity contribution in [1.29, 1.82) is 0 Å². The molecule has 1 aliphatic rings. The maximum atomic E-state index is 11.6. The first-order valence-corrected chi connectivity index (χ1v) is 6.83. The van der Waals surface area contributed by atoms with E-state index in [0.717, 1.165) is 0 Å². The quantitative estimate of drug-likeness (QED) is 0.523. The number of benzene rings is 2. The van der Waals surface area contributed by atoms with Crippen molar-refractivity contribution in [3.8, 4) is 11.5 Å². The average molecular weight is 326 g/mol. The summed E-state index contributed by atoms with van der Waals surface area (Å²) in [5, 5.41) is 9.08. The number of hydrogen-bond donors (Lipinski definition) is 1. The molecule has 0 aromatic heterocycles. The van der Waals surface area contributed by atoms with Crippen LogP contribution < -0.4 is 4.74 Å². The van der Waals surface area contributed by atoms with Gasteiger partial charge in [0.05, 0.1) is 16.7 Å². The molecule has 24 heavy (non-hydrogen) atoms. The maximum Gasteiger partial charge on any atom is 0.347 e. The van der Waals surface area contributed by atoms with Gasteiger partial charge in [-0.15, -0.1) is 0 Å². The monoisotopic (exact) mass is 326 g/mol. The fraction of sp³-hybridized carbons (Fsp3) is 0.0588. The molecule has 2 aromatic carbocycles. The number of ether oxygens (including phenoxy) is 2. The van der Waals surface area contributed by atoms with Crippen LogP contribution in [-0.2, 0) is 4.74 Å². The first-order chi connectivity index (χ1) is 11.4. The standard InChI is InChI=1S/C17H10O7/c1-8(18)13-6-9(2-4-11(13)15(19)20)23-10-3-5-12-14(7-10)17(22)24-16(12)21/h2-7H,1H3,(H,19,20). The second kappa shape index (κ2) is 5.62. The number of ketones is 1. The molecule has 0 aliphatic carbocycles. The lowest BCUT2D eigenvalue weighted by atomic mass is 10.0. The Bertz CT molecular complexity index is 911. The number of hydrogen-bond acceptors (Lipinski definition) is 6. The Hall–Kier alpha value is -3.48. The van der Waals surface area contributed by atoms with Crippen LogP contribution in [0.2, 0.25) is 0 Å². The number of aromatic carboxylic acids is 1. The number of cyclic esters (lactones) is 2. The van der Waals surface area contributed by atoms with Gasteiger partial charge < -0.3 is 14.6 Å². The second-order valence-corrected chi connectivity index (χ2v) is 5.06. The number of esters is 2. The van der Waals surface area contributed by atoms with Crippen molar-refractivity contribution in [3.05, 3.63) is 58.7 Å². The van der Waals surface area contributed by atoms with Gasteiger partial charge in [0.1, 0.15) is 11.5 Å². The van der Waals surface area contributed by atoms with Gasteiger partial charge in [-0.2, -0.15) is 0 Å². The molecule has 0 amide bonds. The normalized spacial score (nSPS) is 12.5. The molecule has 0 atom stereocenters. The Labute approximate surface area is 135 Å². The van der Waals surface area contributed by atoms with Crippen molar-refractivity contribution < 1.29 is 33.8 Å². The highest BCUT2D eigenvalue weighted by atomic mass is 16.6. The van der Waals surface area contributed by atoms with Crippen LogP contribution in [0.4, 0.5) is 0 Å². The molecule has 0 saturated heterocycles. The van der Waals surface area contributed by atoms with Gasteiger partial charge in [-0.1, -0.05) is 0 Å². The fourth-order valence-electron chi connectivity index (χ4n) is 2.33. The lowest BCUT2D eigenvalue weighted by molar-refractivity contribution is 0.0442. The summed E-state index contributed by atoms with van der Waals surface area (Å²) >= 11 is 0. The Morgan fingerprint density at radius 3 is 2.21 bits per heavy atom. The van der Waals surface area contributed by atoms with E-state index in [0.29, 0.717) is 0 Å². The van der Waals surface area contributed by atoms with Crippen molar-refractivity contribution in [2.75, 3.05) is 0 Å². The van der Waals surface area contributed by atoms with Crippen LogP contribution >= 0.6 is 0 Å². The Kier molecular flexibility index (Phi) is 3.61. The first kappa shape index (κ1) is 15.4. The summed E-state index contributed by atoms with van der Waals surface area (Å²) in [4.78, 5) is 45.6. The molecule has 0 spiro atoms. The third-order valence-electron chi connectivity index (χ3n) is 3.45. The van der Waals surface area contributed by atoms with Crippen molar-refractivity contribution in [3.63, 3.8) is 0 Å². The summed E-state index contributed by atoms with van der Waals surface area (Å²) < 4.78 is 10.0. The summed E-state index contributed by atoms with van der Waals surface area (Å²) in [6.45, 7) is 1.25. The second-order valence-electron chi connectivity index (χ2n) is 5.06. The van der Waals surface area contributed by atoms with Crippen LogP contribution in [0.3, 0.4) is 0 Å². The predicted octanol–water partition coefficient (Wildman–Crippen LogP) is 2.69. The number of rotatable bonds is 4. The minimum atomic E-state index is -1.22. The van der Waals surface area contributed by atoms with Gasteiger partial charge in [-0.25, -0.2) is 14.4 Å². The summed E-state index contributed by atoms with van der Waals surface area (Å²) in [6.07, 6.45) is 0. The summed E-state index contributed by atoms with van der Waals surface area (Å²) in [6, 6.07) is 8.18. The van der Waals surface area contributed by atoms with Gasteiger partial charge in [0.25, 0.3) is 0 Å². The molecule has 7 heteroatoms. The van der Waals surface area contributed by atoms with E-state index in [2.05, 4.69) is 4.74 Å². The molecule has 0 fully saturated rings. The van der Waals surface area contributed by atoms with Crippen molar-refractivity contribution in [1.82, 2.24) is 0 Å². The Morgan fingerprint density at radius 2 is 1.54 bits per heavy atom. The average Bonchev–Trinajstić information content (AvgIpc) is 2.81. The van der Waals surface area contributed by atoms with Crippen molar-refractivity contribution in [2.45, 2.75) is 6.92 Å². The van der Waals surface area contributed by atoms with Gasteiger partial charge in [-0.3, -0.25) is 4.79 Å². The van der Waals surface area contributed by atoms with Gasteiger partial charge in [-0.05, 0) is 43.3 Å². The smallest absolute Gasteiger partial charge is 0.347 e. The van der Waals surface area contributed by atoms with Crippen LogP contribution in [0.5, 0.6) is 11.5 Å². The van der Waals surface area contributed by atoms with Gasteiger partial charge >= 0.3 is 17.9 Å². The van der Waals surface area contributed by atoms with E-state index in [1.54, 1.807) is 0 Å². The first-order valence-electron chi connectivity index (χ1n) is 6.83. The third kappa shape index (κ3) is 2.63. The Balaban J connectivity index is 1.95. The largest absolute Gasteiger partial charge is 0.478 e. The van der Waals surface area contributed by atoms with E-state index < -0.39 is 23.7 Å². The van der Waals surface area contributed by atoms with Gasteiger partial charge in [0, 0.05) is 5.56 Å². The van der Waals surface area contributed by atoms with Crippen molar-refractivity contribution in [2.24, 2.45) is 0 Å². The van der Waals surface area contributed by atoms with Crippen LogP contribution in [0.15, 0.2) is 36.4 Å². The van der Waals surface area contributed by atoms with Crippen LogP contribution in [0.1, 0.15) is 48.4 Å². The fourth-order valence-corrected chi connectivity index (χ4v) is 2.33. The molecule has 0 bridgehead atoms. The zero-order chi connectivity index (χ0) is 17.4. The van der Waals surface area contributed by atoms with E-state index in [-0.39, 0.29) is 33.8 Å². The topological polar surface area (TPSA) is 107 Å². The lowest BCUT2D eigenvalue weighted by Crippen LogP contribution is -2.06. The van der Waals surface area contributed by atoms with Crippen LogP contribution in [0.25, 0.3) is 0 Å². The molecule has 1 heterocycles. The van der Waals surface area contributed by atoms with E-state index in [1.165, 1.54) is 43.3 Å². The highest BCUT2D eigenvalue weighted by molar-refractivity contribution is 6.14. The van der Waals surface area contributed by atoms with E-state index in [4.69, 9.17) is 9.84 Å². The predicted molar refractivity (Wildman–Crippen MR) is 79.7 cm³/mol. The third-order valence-corrected chi connectivity index (χ3v) is 3.45. The summed E-state index contributed by atoms with van der Waals surface area (Å²) in [7, 11) is 0. The molecule has 0 saturated carbocycles. The number of carboxylic acid groups (broad SMARTS) is 1. The summed E-state index contributed by atoms with van der Waals surface area (Å²) in [5.41, 5.74) is 0.123. The number of Topliss-reactive ketones (excluding diaryl/α,β-unsaturated/α-hetero) is 1. The number of fused-ring (bicyclic) bond motifs is 1. The van der Waals surface area contributed by atoms with E-state index in [9.17, 15) is 19.2 Å². The molecule has 0 radical (unpaired) electrons. The maximum absolute atomic E-state index is 11.6. The number of carbonyl (C=O) groups excluding carboxylic acids is 3. The highest BCUT2D eigenvalue weighted by Crippen LogP contribution is 2.29. The minimum absolute atomic E-state index is 0.00995. The molecule has 1 aliphatic heterocycles. The SMILES string of the molecule is CC(=O)c1cc(Oc2ccc3c(c2)C(=O)OC3=O)ccc1C(=O)O. The molecule has 3 rings (SSSR count). The highest BCUT2D eigenvalue weighted by Gasteiger charge is 2.30. The van der Waals surface area contributed by atoms with Crippen molar-refractivity contribution >= 4 is 23.7 Å². The molecular formula is C17H10O7. The molecule has 120 valence electrons. The zero-order valence-electron chi connectivity index (χ0n) is 12.4. The zero-order valence-corrected chi connectivity index (χ0v) is 12.4. The van der Waals surface area contributed by atoms with E-state index >= 15 is 0 Å². The molecule has 2 aromatic rings. The molecule has 0 unspecified atom stereocenters.